The minimum atomic E-state index is -0.376. The predicted molar refractivity (Wildman–Crippen MR) is 70.4 cm³/mol. The van der Waals surface area contributed by atoms with Gasteiger partial charge in [0.25, 0.3) is 0 Å². The number of urea groups is 1. The number of aromatic nitrogens is 2. The van der Waals surface area contributed by atoms with Crippen LogP contribution < -0.4 is 10.1 Å². The number of rotatable bonds is 1. The third-order valence-corrected chi connectivity index (χ3v) is 3.04. The fourth-order valence-electron chi connectivity index (χ4n) is 2.04. The first-order chi connectivity index (χ1) is 10.1. The number of aryl methyl sites for hydroxylation is 1. The van der Waals surface area contributed by atoms with Gasteiger partial charge in [0.15, 0.2) is 5.82 Å². The van der Waals surface area contributed by atoms with Crippen LogP contribution in [-0.2, 0) is 6.54 Å². The van der Waals surface area contributed by atoms with Gasteiger partial charge in [-0.2, -0.15) is 4.98 Å². The van der Waals surface area contributed by atoms with Crippen LogP contribution in [-0.4, -0.2) is 34.2 Å². The van der Waals surface area contributed by atoms with E-state index in [1.165, 1.54) is 17.0 Å². The Bertz CT molecular complexity index is 673. The molecule has 0 spiro atoms. The molecule has 1 aliphatic rings. The first-order valence-corrected chi connectivity index (χ1v) is 6.39. The van der Waals surface area contributed by atoms with Crippen molar-refractivity contribution in [1.29, 1.82) is 0 Å². The Hall–Kier alpha value is -2.64. The number of nitrogens with zero attached hydrogens (tertiary/aromatic N) is 3. The van der Waals surface area contributed by atoms with E-state index in [9.17, 15) is 9.18 Å². The van der Waals surface area contributed by atoms with Crippen LogP contribution in [0.25, 0.3) is 0 Å². The zero-order valence-electron chi connectivity index (χ0n) is 11.3. The number of hydrogen-bond donors (Lipinski definition) is 1. The highest BCUT2D eigenvalue weighted by Crippen LogP contribution is 2.24. The van der Waals surface area contributed by atoms with Gasteiger partial charge in [0.2, 0.25) is 0 Å². The van der Waals surface area contributed by atoms with Crippen molar-refractivity contribution in [1.82, 2.24) is 15.0 Å². The van der Waals surface area contributed by atoms with Gasteiger partial charge in [-0.3, -0.25) is 5.32 Å². The summed E-state index contributed by atoms with van der Waals surface area (Å²) in [5.41, 5.74) is 0.741. The number of fused-ring (bicyclic) bond motifs is 1. The van der Waals surface area contributed by atoms with Gasteiger partial charge in [-0.15, -0.1) is 0 Å². The van der Waals surface area contributed by atoms with Gasteiger partial charge < -0.3 is 14.2 Å². The van der Waals surface area contributed by atoms with Crippen molar-refractivity contribution >= 4 is 12.0 Å². The van der Waals surface area contributed by atoms with Crippen molar-refractivity contribution in [3.8, 4) is 5.75 Å². The van der Waals surface area contributed by atoms with E-state index < -0.39 is 0 Å². The highest BCUT2D eigenvalue weighted by Gasteiger charge is 2.21. The van der Waals surface area contributed by atoms with E-state index in [2.05, 4.69) is 15.5 Å². The third kappa shape index (κ3) is 2.93. The monoisotopic (exact) mass is 292 g/mol. The lowest BCUT2D eigenvalue weighted by Crippen LogP contribution is -2.36. The Balaban J connectivity index is 1.74. The topological polar surface area (TPSA) is 80.5 Å². The zero-order chi connectivity index (χ0) is 14.8. The second-order valence-corrected chi connectivity index (χ2v) is 4.60. The van der Waals surface area contributed by atoms with Gasteiger partial charge in [-0.25, -0.2) is 9.18 Å². The Morgan fingerprint density at radius 1 is 1.48 bits per heavy atom. The fourth-order valence-corrected chi connectivity index (χ4v) is 2.04. The van der Waals surface area contributed by atoms with Crippen LogP contribution >= 0.6 is 0 Å². The molecule has 0 aliphatic carbocycles. The maximum Gasteiger partial charge on any atom is 0.329 e. The largest absolute Gasteiger partial charge is 0.491 e. The molecule has 7 nitrogen and oxygen atoms in total. The number of hydrogen-bond acceptors (Lipinski definition) is 5. The lowest BCUT2D eigenvalue weighted by atomic mass is 10.2. The number of ether oxygens (including phenoxy) is 1. The predicted octanol–water partition coefficient (Wildman–Crippen LogP) is 1.94. The molecule has 110 valence electrons. The van der Waals surface area contributed by atoms with Gasteiger partial charge in [0.1, 0.15) is 18.2 Å². The number of carbonyl (C=O) groups excluding carboxylic acids is 1. The van der Waals surface area contributed by atoms with E-state index in [1.807, 2.05) is 0 Å². The van der Waals surface area contributed by atoms with Gasteiger partial charge >= 0.3 is 12.0 Å². The maximum absolute atomic E-state index is 13.2. The van der Waals surface area contributed by atoms with Crippen molar-refractivity contribution in [2.75, 3.05) is 18.5 Å². The van der Waals surface area contributed by atoms with E-state index in [4.69, 9.17) is 9.26 Å². The van der Waals surface area contributed by atoms with Crippen molar-refractivity contribution in [2.24, 2.45) is 0 Å². The maximum atomic E-state index is 13.2. The summed E-state index contributed by atoms with van der Waals surface area (Å²) >= 11 is 0. The van der Waals surface area contributed by atoms with Crippen LogP contribution in [0.15, 0.2) is 22.7 Å². The summed E-state index contributed by atoms with van der Waals surface area (Å²) in [7, 11) is 0. The quantitative estimate of drug-likeness (QED) is 0.868. The molecule has 0 fully saturated rings. The average Bonchev–Trinajstić information content (AvgIpc) is 2.73. The van der Waals surface area contributed by atoms with E-state index in [0.29, 0.717) is 24.7 Å². The molecule has 21 heavy (non-hydrogen) atoms. The molecule has 0 saturated heterocycles. The normalized spacial score (nSPS) is 14.1. The smallest absolute Gasteiger partial charge is 0.329 e. The number of benzene rings is 1. The molecule has 0 unspecified atom stereocenters. The third-order valence-electron chi connectivity index (χ3n) is 3.04. The second kappa shape index (κ2) is 5.39. The summed E-state index contributed by atoms with van der Waals surface area (Å²) in [4.78, 5) is 17.6. The molecule has 3 rings (SSSR count). The minimum Gasteiger partial charge on any atom is -0.491 e. The molecule has 0 radical (unpaired) electrons. The minimum absolute atomic E-state index is 0.0435. The summed E-state index contributed by atoms with van der Waals surface area (Å²) in [6.45, 7) is 2.63. The average molecular weight is 292 g/mol. The molecule has 1 aromatic heterocycles. The molecular weight excluding hydrogens is 279 g/mol. The van der Waals surface area contributed by atoms with Gasteiger partial charge in [-0.1, -0.05) is 11.2 Å². The summed E-state index contributed by atoms with van der Waals surface area (Å²) in [5.74, 6) is 0.525. The number of halogens is 1. The van der Waals surface area contributed by atoms with E-state index in [-0.39, 0.29) is 24.5 Å². The Kier molecular flexibility index (Phi) is 3.43. The number of nitrogens with one attached hydrogen (secondary N) is 1. The number of anilines is 1. The van der Waals surface area contributed by atoms with Crippen molar-refractivity contribution < 1.29 is 18.4 Å². The molecular formula is C13H13FN4O3. The molecule has 2 aromatic rings. The van der Waals surface area contributed by atoms with E-state index in [0.717, 1.165) is 5.56 Å². The van der Waals surface area contributed by atoms with Gasteiger partial charge in [0, 0.05) is 11.6 Å². The number of amides is 2. The zero-order valence-corrected chi connectivity index (χ0v) is 11.3. The molecule has 2 heterocycles. The highest BCUT2D eigenvalue weighted by molar-refractivity contribution is 5.87. The molecule has 0 atom stereocenters. The van der Waals surface area contributed by atoms with Crippen LogP contribution in [0.5, 0.6) is 5.75 Å². The second-order valence-electron chi connectivity index (χ2n) is 4.60. The molecule has 8 heteroatoms. The van der Waals surface area contributed by atoms with Crippen LogP contribution in [0, 0.1) is 12.7 Å². The molecule has 0 bridgehead atoms. The van der Waals surface area contributed by atoms with Crippen molar-refractivity contribution in [3.63, 3.8) is 0 Å². The summed E-state index contributed by atoms with van der Waals surface area (Å²) in [5, 5.41) is 6.11. The standard InChI is InChI=1S/C13H13FN4O3/c1-8-15-12(21-17-8)16-13(19)18-4-5-20-11-6-10(14)3-2-9(11)7-18/h2-3,6H,4-5,7H2,1H3,(H,15,16,17,19). The molecule has 1 aliphatic heterocycles. The Morgan fingerprint density at radius 2 is 2.33 bits per heavy atom. The summed E-state index contributed by atoms with van der Waals surface area (Å²) in [6, 6.07) is 3.93. The fraction of sp³-hybridized carbons (Fsp3) is 0.308. The first kappa shape index (κ1) is 13.3. The summed E-state index contributed by atoms with van der Waals surface area (Å²) < 4.78 is 23.5. The SMILES string of the molecule is Cc1noc(NC(=O)N2CCOc3cc(F)ccc3C2)n1. The van der Waals surface area contributed by atoms with Gasteiger partial charge in [0.05, 0.1) is 13.1 Å². The molecule has 1 N–H and O–H groups in total. The molecule has 1 aromatic carbocycles. The first-order valence-electron chi connectivity index (χ1n) is 6.39. The lowest BCUT2D eigenvalue weighted by molar-refractivity contribution is 0.199. The van der Waals surface area contributed by atoms with Crippen LogP contribution in [0.3, 0.4) is 0 Å². The van der Waals surface area contributed by atoms with Crippen LogP contribution in [0.2, 0.25) is 0 Å². The Labute approximate surface area is 119 Å². The van der Waals surface area contributed by atoms with Crippen molar-refractivity contribution in [2.45, 2.75) is 13.5 Å². The van der Waals surface area contributed by atoms with Gasteiger partial charge in [-0.05, 0) is 13.0 Å². The highest BCUT2D eigenvalue weighted by atomic mass is 19.1. The van der Waals surface area contributed by atoms with Crippen LogP contribution in [0.4, 0.5) is 15.2 Å². The van der Waals surface area contributed by atoms with Crippen molar-refractivity contribution in [3.05, 3.63) is 35.4 Å². The van der Waals surface area contributed by atoms with E-state index in [1.54, 1.807) is 13.0 Å². The molecule has 2 amide bonds. The molecule has 0 saturated carbocycles. The lowest BCUT2D eigenvalue weighted by Gasteiger charge is -2.18. The number of carbonyl (C=O) groups is 1. The summed E-state index contributed by atoms with van der Waals surface area (Å²) in [6.07, 6.45) is 0. The van der Waals surface area contributed by atoms with Crippen LogP contribution in [0.1, 0.15) is 11.4 Å². The van der Waals surface area contributed by atoms with E-state index >= 15 is 0 Å². The Morgan fingerprint density at radius 3 is 3.10 bits per heavy atom.